The zero-order valence-corrected chi connectivity index (χ0v) is 14.0. The smallest absolute Gasteiger partial charge is 0.255 e. The van der Waals surface area contributed by atoms with Crippen molar-refractivity contribution in [2.75, 3.05) is 11.9 Å². The Hall–Kier alpha value is -1.62. The van der Waals surface area contributed by atoms with Gasteiger partial charge in [-0.1, -0.05) is 19.3 Å². The Morgan fingerprint density at radius 3 is 2.74 bits per heavy atom. The predicted molar refractivity (Wildman–Crippen MR) is 92.6 cm³/mol. The summed E-state index contributed by atoms with van der Waals surface area (Å²) in [6.45, 7) is 0. The second-order valence-corrected chi connectivity index (χ2v) is 7.02. The minimum absolute atomic E-state index is 0.0186. The molecule has 2 atom stereocenters. The van der Waals surface area contributed by atoms with Crippen LogP contribution in [0.15, 0.2) is 18.3 Å². The first-order chi connectivity index (χ1) is 11.1. The molecule has 0 aliphatic heterocycles. The van der Waals surface area contributed by atoms with E-state index in [1.165, 1.54) is 32.1 Å². The topological polar surface area (TPSA) is 71.2 Å². The third-order valence-corrected chi connectivity index (χ3v) is 5.30. The lowest BCUT2D eigenvalue weighted by molar-refractivity contribution is 0.0938. The van der Waals surface area contributed by atoms with Crippen molar-refractivity contribution >= 4 is 11.7 Å². The summed E-state index contributed by atoms with van der Waals surface area (Å²) >= 11 is 0. The van der Waals surface area contributed by atoms with E-state index in [9.17, 15) is 4.79 Å². The van der Waals surface area contributed by atoms with Gasteiger partial charge in [-0.2, -0.15) is 0 Å². The van der Waals surface area contributed by atoms with Crippen LogP contribution in [0, 0.1) is 0 Å². The van der Waals surface area contributed by atoms with Crippen LogP contribution in [0.25, 0.3) is 0 Å². The first kappa shape index (κ1) is 16.2. The van der Waals surface area contributed by atoms with Gasteiger partial charge in [0, 0.05) is 31.4 Å². The molecule has 5 heteroatoms. The number of anilines is 1. The van der Waals surface area contributed by atoms with Crippen LogP contribution in [-0.2, 0) is 0 Å². The van der Waals surface area contributed by atoms with Gasteiger partial charge in [-0.15, -0.1) is 0 Å². The van der Waals surface area contributed by atoms with Gasteiger partial charge >= 0.3 is 0 Å². The number of nitrogens with zero attached hydrogens (tertiary/aromatic N) is 2. The maximum atomic E-state index is 12.7. The van der Waals surface area contributed by atoms with Gasteiger partial charge in [0.25, 0.3) is 5.91 Å². The van der Waals surface area contributed by atoms with Crippen molar-refractivity contribution in [2.45, 2.75) is 69.5 Å². The number of rotatable bonds is 4. The van der Waals surface area contributed by atoms with Crippen molar-refractivity contribution in [3.8, 4) is 0 Å². The van der Waals surface area contributed by atoms with Gasteiger partial charge in [-0.25, -0.2) is 4.98 Å². The molecule has 1 aromatic heterocycles. The SMILES string of the molecule is CN(c1ncccc1C(=O)N[C@H]1CC[C@H](N)C1)C1CCCCC1. The van der Waals surface area contributed by atoms with Crippen LogP contribution in [0.3, 0.4) is 0 Å². The van der Waals surface area contributed by atoms with Crippen molar-refractivity contribution in [3.63, 3.8) is 0 Å². The highest BCUT2D eigenvalue weighted by Gasteiger charge is 2.27. The number of nitrogens with two attached hydrogens (primary N) is 1. The van der Waals surface area contributed by atoms with Crippen LogP contribution >= 0.6 is 0 Å². The van der Waals surface area contributed by atoms with Crippen LogP contribution in [-0.4, -0.2) is 36.1 Å². The monoisotopic (exact) mass is 316 g/mol. The average molecular weight is 316 g/mol. The maximum Gasteiger partial charge on any atom is 0.255 e. The molecule has 0 bridgehead atoms. The molecular formula is C18H28N4O. The van der Waals surface area contributed by atoms with Crippen molar-refractivity contribution in [2.24, 2.45) is 5.73 Å². The van der Waals surface area contributed by atoms with E-state index >= 15 is 0 Å². The Labute approximate surface area is 138 Å². The molecule has 1 aromatic rings. The van der Waals surface area contributed by atoms with Crippen molar-refractivity contribution < 1.29 is 4.79 Å². The number of hydrogen-bond acceptors (Lipinski definition) is 4. The van der Waals surface area contributed by atoms with E-state index in [0.717, 1.165) is 25.1 Å². The summed E-state index contributed by atoms with van der Waals surface area (Å²) in [4.78, 5) is 19.4. The summed E-state index contributed by atoms with van der Waals surface area (Å²) in [6.07, 6.45) is 10.8. The molecule has 3 N–H and O–H groups in total. The fraction of sp³-hybridized carbons (Fsp3) is 0.667. The predicted octanol–water partition coefficient (Wildman–Crippen LogP) is 2.46. The molecule has 0 radical (unpaired) electrons. The fourth-order valence-corrected chi connectivity index (χ4v) is 3.91. The van der Waals surface area contributed by atoms with Crippen LogP contribution < -0.4 is 16.0 Å². The molecule has 0 aromatic carbocycles. The minimum Gasteiger partial charge on any atom is -0.356 e. The van der Waals surface area contributed by atoms with Gasteiger partial charge in [0.15, 0.2) is 0 Å². The molecule has 0 unspecified atom stereocenters. The largest absolute Gasteiger partial charge is 0.356 e. The lowest BCUT2D eigenvalue weighted by Crippen LogP contribution is -2.38. The third-order valence-electron chi connectivity index (χ3n) is 5.30. The normalized spacial score (nSPS) is 25.3. The molecule has 1 amide bonds. The number of amides is 1. The number of carbonyl (C=O) groups is 1. The Bertz CT molecular complexity index is 542. The van der Waals surface area contributed by atoms with E-state index in [1.54, 1.807) is 6.20 Å². The van der Waals surface area contributed by atoms with Gasteiger partial charge in [0.1, 0.15) is 5.82 Å². The Balaban J connectivity index is 1.72. The van der Waals surface area contributed by atoms with Crippen molar-refractivity contribution in [1.29, 1.82) is 0 Å². The Kier molecular flexibility index (Phi) is 5.16. The zero-order valence-electron chi connectivity index (χ0n) is 14.0. The van der Waals surface area contributed by atoms with Gasteiger partial charge in [0.05, 0.1) is 5.56 Å². The second-order valence-electron chi connectivity index (χ2n) is 7.02. The summed E-state index contributed by atoms with van der Waals surface area (Å²) in [6, 6.07) is 4.63. The zero-order chi connectivity index (χ0) is 16.2. The van der Waals surface area contributed by atoms with E-state index in [0.29, 0.717) is 11.6 Å². The van der Waals surface area contributed by atoms with E-state index in [2.05, 4.69) is 22.2 Å². The molecule has 3 rings (SSSR count). The van der Waals surface area contributed by atoms with E-state index in [4.69, 9.17) is 5.73 Å². The third kappa shape index (κ3) is 3.83. The van der Waals surface area contributed by atoms with E-state index < -0.39 is 0 Å². The summed E-state index contributed by atoms with van der Waals surface area (Å²) in [7, 11) is 2.07. The lowest BCUT2D eigenvalue weighted by atomic mass is 9.94. The highest BCUT2D eigenvalue weighted by Crippen LogP contribution is 2.27. The number of hydrogen-bond donors (Lipinski definition) is 2. The summed E-state index contributed by atoms with van der Waals surface area (Å²) in [5.74, 6) is 0.786. The molecule has 126 valence electrons. The van der Waals surface area contributed by atoms with Crippen LogP contribution in [0.5, 0.6) is 0 Å². The second kappa shape index (κ2) is 7.30. The first-order valence-electron chi connectivity index (χ1n) is 8.89. The average Bonchev–Trinajstić information content (AvgIpc) is 3.00. The molecule has 1 heterocycles. The van der Waals surface area contributed by atoms with Crippen molar-refractivity contribution in [3.05, 3.63) is 23.9 Å². The molecule has 2 fully saturated rings. The van der Waals surface area contributed by atoms with E-state index in [1.807, 2.05) is 12.1 Å². The number of aromatic nitrogens is 1. The van der Waals surface area contributed by atoms with Gasteiger partial charge in [0.2, 0.25) is 0 Å². The molecular weight excluding hydrogens is 288 g/mol. The molecule has 5 nitrogen and oxygen atoms in total. The lowest BCUT2D eigenvalue weighted by Gasteiger charge is -2.33. The molecule has 2 aliphatic rings. The van der Waals surface area contributed by atoms with Gasteiger partial charge in [-0.3, -0.25) is 4.79 Å². The molecule has 2 saturated carbocycles. The first-order valence-corrected chi connectivity index (χ1v) is 8.89. The quantitative estimate of drug-likeness (QED) is 0.895. The number of carbonyl (C=O) groups excluding carboxylic acids is 1. The van der Waals surface area contributed by atoms with Crippen LogP contribution in [0.2, 0.25) is 0 Å². The summed E-state index contributed by atoms with van der Waals surface area (Å²) < 4.78 is 0. The van der Waals surface area contributed by atoms with E-state index in [-0.39, 0.29) is 18.0 Å². The molecule has 0 saturated heterocycles. The van der Waals surface area contributed by atoms with Crippen LogP contribution in [0.4, 0.5) is 5.82 Å². The Morgan fingerprint density at radius 1 is 1.26 bits per heavy atom. The van der Waals surface area contributed by atoms with Gasteiger partial charge < -0.3 is 16.0 Å². The summed E-state index contributed by atoms with van der Waals surface area (Å²) in [5, 5.41) is 3.14. The standard InChI is InChI=1S/C18H28N4O/c1-22(15-6-3-2-4-7-15)17-16(8-5-11-20-17)18(23)21-14-10-9-13(19)12-14/h5,8,11,13-15H,2-4,6-7,9-10,12,19H2,1H3,(H,21,23)/t13-,14-/m0/s1. The number of nitrogens with one attached hydrogen (secondary N) is 1. The minimum atomic E-state index is -0.0186. The number of pyridine rings is 1. The highest BCUT2D eigenvalue weighted by molar-refractivity contribution is 5.99. The molecule has 23 heavy (non-hydrogen) atoms. The highest BCUT2D eigenvalue weighted by atomic mass is 16.1. The summed E-state index contributed by atoms with van der Waals surface area (Å²) in [5.41, 5.74) is 6.62. The van der Waals surface area contributed by atoms with Crippen molar-refractivity contribution in [1.82, 2.24) is 10.3 Å². The Morgan fingerprint density at radius 2 is 2.04 bits per heavy atom. The van der Waals surface area contributed by atoms with Crippen LogP contribution in [0.1, 0.15) is 61.7 Å². The molecule has 2 aliphatic carbocycles. The maximum absolute atomic E-state index is 12.7. The fourth-order valence-electron chi connectivity index (χ4n) is 3.91. The van der Waals surface area contributed by atoms with Gasteiger partial charge in [-0.05, 0) is 44.2 Å². The molecule has 0 spiro atoms.